The van der Waals surface area contributed by atoms with E-state index in [1.807, 2.05) is 0 Å². The molecule has 0 radical (unpaired) electrons. The van der Waals surface area contributed by atoms with Crippen LogP contribution in [0.4, 0.5) is 0 Å². The van der Waals surface area contributed by atoms with Crippen molar-refractivity contribution in [2.75, 3.05) is 0 Å². The van der Waals surface area contributed by atoms with Crippen LogP contribution in [0.15, 0.2) is 34.1 Å². The highest BCUT2D eigenvalue weighted by Crippen LogP contribution is 2.00. The fourth-order valence-electron chi connectivity index (χ4n) is 0.981. The van der Waals surface area contributed by atoms with E-state index in [1.54, 1.807) is 0 Å². The number of nitrogens with zero attached hydrogens (tertiary/aromatic N) is 2. The topological polar surface area (TPSA) is 91.5 Å². The standard InChI is InChI=1S/C8H6N4O2/c13-5-1-3-9-7(11-5)8-10-4-2-6(14)12-8/h1-4H,(H,9,11,13)(H,10,12,14). The van der Waals surface area contributed by atoms with Gasteiger partial charge in [-0.1, -0.05) is 0 Å². The molecule has 0 aliphatic heterocycles. The van der Waals surface area contributed by atoms with Crippen molar-refractivity contribution in [3.63, 3.8) is 0 Å². The first kappa shape index (κ1) is 8.36. The van der Waals surface area contributed by atoms with Crippen LogP contribution in [0.25, 0.3) is 11.6 Å². The summed E-state index contributed by atoms with van der Waals surface area (Å²) in [5.74, 6) is 0.491. The van der Waals surface area contributed by atoms with Crippen LogP contribution < -0.4 is 11.1 Å². The molecule has 0 spiro atoms. The lowest BCUT2D eigenvalue weighted by molar-refractivity contribution is 1.04. The Bertz CT molecular complexity index is 506. The fourth-order valence-corrected chi connectivity index (χ4v) is 0.981. The van der Waals surface area contributed by atoms with Crippen LogP contribution in [-0.4, -0.2) is 19.9 Å². The van der Waals surface area contributed by atoms with Crippen LogP contribution >= 0.6 is 0 Å². The Hall–Kier alpha value is -2.24. The van der Waals surface area contributed by atoms with Crippen molar-refractivity contribution in [3.05, 3.63) is 45.2 Å². The van der Waals surface area contributed by atoms with Crippen LogP contribution in [0, 0.1) is 0 Å². The first-order valence-electron chi connectivity index (χ1n) is 3.87. The molecule has 0 saturated carbocycles. The van der Waals surface area contributed by atoms with Gasteiger partial charge in [-0.2, -0.15) is 0 Å². The molecular weight excluding hydrogens is 184 g/mol. The minimum Gasteiger partial charge on any atom is -0.304 e. The maximum atomic E-state index is 10.9. The van der Waals surface area contributed by atoms with E-state index in [0.717, 1.165) is 0 Å². The Labute approximate surface area is 77.7 Å². The molecule has 0 aliphatic carbocycles. The number of aromatic nitrogens is 4. The highest BCUT2D eigenvalue weighted by Gasteiger charge is 2.00. The maximum Gasteiger partial charge on any atom is 0.251 e. The second kappa shape index (κ2) is 3.25. The Balaban J connectivity index is 2.60. The van der Waals surface area contributed by atoms with E-state index in [0.29, 0.717) is 0 Å². The summed E-state index contributed by atoms with van der Waals surface area (Å²) in [7, 11) is 0. The summed E-state index contributed by atoms with van der Waals surface area (Å²) >= 11 is 0. The number of hydrogen-bond acceptors (Lipinski definition) is 4. The van der Waals surface area contributed by atoms with E-state index in [4.69, 9.17) is 0 Å². The number of aromatic amines is 2. The van der Waals surface area contributed by atoms with Crippen molar-refractivity contribution in [1.29, 1.82) is 0 Å². The molecule has 70 valence electrons. The summed E-state index contributed by atoms with van der Waals surface area (Å²) in [5.41, 5.74) is -0.581. The Morgan fingerprint density at radius 3 is 1.64 bits per heavy atom. The van der Waals surface area contributed by atoms with Crippen molar-refractivity contribution in [2.45, 2.75) is 0 Å². The number of rotatable bonds is 1. The van der Waals surface area contributed by atoms with Crippen molar-refractivity contribution in [2.24, 2.45) is 0 Å². The lowest BCUT2D eigenvalue weighted by Gasteiger charge is -1.96. The summed E-state index contributed by atoms with van der Waals surface area (Å²) in [6.45, 7) is 0. The first-order valence-corrected chi connectivity index (χ1v) is 3.87. The van der Waals surface area contributed by atoms with Crippen LogP contribution in [0.1, 0.15) is 0 Å². The molecule has 6 heteroatoms. The second-order valence-electron chi connectivity index (χ2n) is 2.57. The largest absolute Gasteiger partial charge is 0.304 e. The quantitative estimate of drug-likeness (QED) is 0.635. The van der Waals surface area contributed by atoms with Gasteiger partial charge in [0, 0.05) is 24.5 Å². The van der Waals surface area contributed by atoms with E-state index < -0.39 is 0 Å². The molecule has 2 aromatic rings. The predicted octanol–water partition coefficient (Wildman–Crippen LogP) is -0.480. The molecule has 2 rings (SSSR count). The third kappa shape index (κ3) is 1.58. The van der Waals surface area contributed by atoms with Gasteiger partial charge in [0.25, 0.3) is 11.1 Å². The molecular formula is C8H6N4O2. The fraction of sp³-hybridized carbons (Fsp3) is 0. The van der Waals surface area contributed by atoms with Crippen molar-refractivity contribution < 1.29 is 0 Å². The van der Waals surface area contributed by atoms with Gasteiger partial charge >= 0.3 is 0 Å². The second-order valence-corrected chi connectivity index (χ2v) is 2.57. The molecule has 0 aliphatic rings. The lowest BCUT2D eigenvalue weighted by atomic mass is 10.5. The van der Waals surface area contributed by atoms with Crippen LogP contribution in [0.5, 0.6) is 0 Å². The number of nitrogens with one attached hydrogen (secondary N) is 2. The Kier molecular flexibility index (Phi) is 1.94. The molecule has 6 nitrogen and oxygen atoms in total. The van der Waals surface area contributed by atoms with Crippen LogP contribution in [-0.2, 0) is 0 Å². The highest BCUT2D eigenvalue weighted by molar-refractivity contribution is 5.40. The van der Waals surface area contributed by atoms with Gasteiger partial charge in [0.2, 0.25) is 0 Å². The molecule has 14 heavy (non-hydrogen) atoms. The summed E-state index contributed by atoms with van der Waals surface area (Å²) in [5, 5.41) is 0. The zero-order valence-electron chi connectivity index (χ0n) is 7.02. The molecule has 0 unspecified atom stereocenters. The van der Waals surface area contributed by atoms with Crippen molar-refractivity contribution in [3.8, 4) is 11.6 Å². The van der Waals surface area contributed by atoms with E-state index in [1.165, 1.54) is 24.5 Å². The van der Waals surface area contributed by atoms with Crippen LogP contribution in [0.2, 0.25) is 0 Å². The summed E-state index contributed by atoms with van der Waals surface area (Å²) < 4.78 is 0. The third-order valence-electron chi connectivity index (χ3n) is 1.57. The van der Waals surface area contributed by atoms with E-state index in [9.17, 15) is 9.59 Å². The van der Waals surface area contributed by atoms with Gasteiger partial charge in [-0.25, -0.2) is 9.97 Å². The van der Waals surface area contributed by atoms with Gasteiger partial charge in [0.05, 0.1) is 0 Å². The monoisotopic (exact) mass is 190 g/mol. The molecule has 0 amide bonds. The van der Waals surface area contributed by atoms with Gasteiger partial charge in [0.1, 0.15) is 0 Å². The molecule has 0 atom stereocenters. The third-order valence-corrected chi connectivity index (χ3v) is 1.57. The molecule has 2 aromatic heterocycles. The van der Waals surface area contributed by atoms with Gasteiger partial charge in [-0.05, 0) is 0 Å². The highest BCUT2D eigenvalue weighted by atomic mass is 16.1. The molecule has 2 heterocycles. The van der Waals surface area contributed by atoms with Gasteiger partial charge < -0.3 is 9.97 Å². The molecule has 0 aromatic carbocycles. The Morgan fingerprint density at radius 2 is 1.29 bits per heavy atom. The molecule has 2 N–H and O–H groups in total. The average molecular weight is 190 g/mol. The first-order chi connectivity index (χ1) is 6.75. The Morgan fingerprint density at radius 1 is 0.857 bits per heavy atom. The van der Waals surface area contributed by atoms with E-state index in [-0.39, 0.29) is 22.8 Å². The molecule has 0 fully saturated rings. The van der Waals surface area contributed by atoms with E-state index in [2.05, 4.69) is 19.9 Å². The van der Waals surface area contributed by atoms with Gasteiger partial charge in [0.15, 0.2) is 11.6 Å². The zero-order valence-corrected chi connectivity index (χ0v) is 7.02. The summed E-state index contributed by atoms with van der Waals surface area (Å²) in [4.78, 5) is 34.5. The average Bonchev–Trinajstić information content (AvgIpc) is 2.18. The minimum atomic E-state index is -0.290. The number of H-pyrrole nitrogens is 2. The summed E-state index contributed by atoms with van der Waals surface area (Å²) in [6.07, 6.45) is 2.70. The number of hydrogen-bond donors (Lipinski definition) is 2. The van der Waals surface area contributed by atoms with E-state index >= 15 is 0 Å². The minimum absolute atomic E-state index is 0.246. The lowest BCUT2D eigenvalue weighted by Crippen LogP contribution is -2.11. The SMILES string of the molecule is O=c1ccnc(-c2nccc(=O)[nH]2)[nH]1. The summed E-state index contributed by atoms with van der Waals surface area (Å²) in [6, 6.07) is 2.56. The van der Waals surface area contributed by atoms with Crippen molar-refractivity contribution >= 4 is 0 Å². The van der Waals surface area contributed by atoms with Gasteiger partial charge in [-0.15, -0.1) is 0 Å². The molecule has 0 bridgehead atoms. The van der Waals surface area contributed by atoms with Gasteiger partial charge in [-0.3, -0.25) is 9.59 Å². The van der Waals surface area contributed by atoms with Crippen molar-refractivity contribution in [1.82, 2.24) is 19.9 Å². The maximum absolute atomic E-state index is 10.9. The zero-order chi connectivity index (χ0) is 9.97. The normalized spacial score (nSPS) is 10.0. The van der Waals surface area contributed by atoms with Crippen LogP contribution in [0.3, 0.4) is 0 Å². The smallest absolute Gasteiger partial charge is 0.251 e. The molecule has 0 saturated heterocycles. The predicted molar refractivity (Wildman–Crippen MR) is 48.7 cm³/mol.